The number of benzene rings is 1. The van der Waals surface area contributed by atoms with Gasteiger partial charge in [-0.25, -0.2) is 4.79 Å². The van der Waals surface area contributed by atoms with Crippen LogP contribution in [0.15, 0.2) is 17.5 Å². The second kappa shape index (κ2) is 3.26. The molecule has 14 heavy (non-hydrogen) atoms. The van der Waals surface area contributed by atoms with Crippen LogP contribution in [0.4, 0.5) is 0 Å². The Hall–Kier alpha value is -1.06. The van der Waals surface area contributed by atoms with E-state index >= 15 is 0 Å². The number of fused-ring (bicyclic) bond motifs is 1. The lowest BCUT2D eigenvalue weighted by Crippen LogP contribution is -1.98. The molecule has 4 heteroatoms. The van der Waals surface area contributed by atoms with Crippen LogP contribution in [0, 0.1) is 6.92 Å². The molecule has 1 N–H and O–H groups in total. The van der Waals surface area contributed by atoms with Gasteiger partial charge in [0, 0.05) is 15.5 Å². The summed E-state index contributed by atoms with van der Waals surface area (Å²) >= 11 is 7.44. The van der Waals surface area contributed by atoms with Gasteiger partial charge in [0.2, 0.25) is 0 Å². The van der Waals surface area contributed by atoms with Gasteiger partial charge < -0.3 is 5.11 Å². The van der Waals surface area contributed by atoms with Crippen molar-refractivity contribution in [2.45, 2.75) is 6.92 Å². The van der Waals surface area contributed by atoms with Gasteiger partial charge >= 0.3 is 5.97 Å². The summed E-state index contributed by atoms with van der Waals surface area (Å²) in [5.41, 5.74) is 1.08. The van der Waals surface area contributed by atoms with Crippen molar-refractivity contribution < 1.29 is 9.90 Å². The molecule has 0 aliphatic heterocycles. The number of halogens is 1. The molecule has 1 heterocycles. The summed E-state index contributed by atoms with van der Waals surface area (Å²) in [7, 11) is 0. The quantitative estimate of drug-likeness (QED) is 0.807. The first-order chi connectivity index (χ1) is 6.59. The molecule has 0 saturated carbocycles. The van der Waals surface area contributed by atoms with Crippen LogP contribution in [-0.4, -0.2) is 11.1 Å². The van der Waals surface area contributed by atoms with E-state index in [-0.39, 0.29) is 0 Å². The Morgan fingerprint density at radius 3 is 2.86 bits per heavy atom. The second-order valence-electron chi connectivity index (χ2n) is 3.05. The van der Waals surface area contributed by atoms with Crippen molar-refractivity contribution in [3.8, 4) is 0 Å². The van der Waals surface area contributed by atoms with E-state index < -0.39 is 5.97 Å². The van der Waals surface area contributed by atoms with Crippen molar-refractivity contribution in [3.05, 3.63) is 33.7 Å². The molecule has 0 unspecified atom stereocenters. The van der Waals surface area contributed by atoms with Crippen molar-refractivity contribution in [3.63, 3.8) is 0 Å². The van der Waals surface area contributed by atoms with Crippen molar-refractivity contribution >= 4 is 39.0 Å². The van der Waals surface area contributed by atoms with E-state index in [0.29, 0.717) is 10.6 Å². The summed E-state index contributed by atoms with van der Waals surface area (Å²) in [4.78, 5) is 10.9. The monoisotopic (exact) mass is 226 g/mol. The summed E-state index contributed by atoms with van der Waals surface area (Å²) in [6.07, 6.45) is 0. The molecule has 0 radical (unpaired) electrons. The van der Waals surface area contributed by atoms with Crippen molar-refractivity contribution in [2.75, 3.05) is 0 Å². The maximum atomic E-state index is 10.9. The van der Waals surface area contributed by atoms with E-state index in [1.165, 1.54) is 11.3 Å². The Labute approximate surface area is 89.7 Å². The predicted molar refractivity (Wildman–Crippen MR) is 58.5 cm³/mol. The molecule has 72 valence electrons. The normalized spacial score (nSPS) is 10.7. The number of hydrogen-bond acceptors (Lipinski definition) is 2. The number of aryl methyl sites for hydroxylation is 1. The molecule has 1 aromatic heterocycles. The molecule has 2 nitrogen and oxygen atoms in total. The van der Waals surface area contributed by atoms with Gasteiger partial charge in [0.05, 0.1) is 10.6 Å². The third kappa shape index (κ3) is 1.38. The predicted octanol–water partition coefficient (Wildman–Crippen LogP) is 3.56. The zero-order chi connectivity index (χ0) is 10.3. The first-order valence-corrected chi connectivity index (χ1v) is 5.26. The number of carboxylic acids is 1. The lowest BCUT2D eigenvalue weighted by atomic mass is 10.1. The van der Waals surface area contributed by atoms with Crippen molar-refractivity contribution in [1.29, 1.82) is 0 Å². The molecule has 0 aliphatic carbocycles. The molecule has 1 aromatic carbocycles. The minimum absolute atomic E-state index is 0.317. The van der Waals surface area contributed by atoms with E-state index in [9.17, 15) is 4.79 Å². The van der Waals surface area contributed by atoms with Crippen LogP contribution >= 0.6 is 22.9 Å². The topological polar surface area (TPSA) is 37.3 Å². The molecule has 2 rings (SSSR count). The molecule has 0 atom stereocenters. The summed E-state index contributed by atoms with van der Waals surface area (Å²) in [5.74, 6) is -0.910. The molecular weight excluding hydrogens is 220 g/mol. The SMILES string of the molecule is Cc1cc2scc(Cl)c2cc1C(=O)O. The number of carbonyl (C=O) groups is 1. The highest BCUT2D eigenvalue weighted by Gasteiger charge is 2.10. The second-order valence-corrected chi connectivity index (χ2v) is 4.37. The number of thiophene rings is 1. The van der Waals surface area contributed by atoms with Crippen molar-refractivity contribution in [2.24, 2.45) is 0 Å². The van der Waals surface area contributed by atoms with Gasteiger partial charge in [0.1, 0.15) is 0 Å². The summed E-state index contributed by atoms with van der Waals surface area (Å²) in [6.45, 7) is 1.79. The number of hydrogen-bond donors (Lipinski definition) is 1. The Morgan fingerprint density at radius 1 is 1.50 bits per heavy atom. The van der Waals surface area contributed by atoms with Gasteiger partial charge in [-0.05, 0) is 24.6 Å². The van der Waals surface area contributed by atoms with E-state index in [2.05, 4.69) is 0 Å². The van der Waals surface area contributed by atoms with Crippen LogP contribution in [0.25, 0.3) is 10.1 Å². The first kappa shape index (κ1) is 9.49. The first-order valence-electron chi connectivity index (χ1n) is 4.00. The number of carboxylic acid groups (broad SMARTS) is 1. The summed E-state index contributed by atoms with van der Waals surface area (Å²) < 4.78 is 1.03. The van der Waals surface area contributed by atoms with Gasteiger partial charge in [0.25, 0.3) is 0 Å². The van der Waals surface area contributed by atoms with E-state index in [0.717, 1.165) is 15.6 Å². The summed E-state index contributed by atoms with van der Waals surface area (Å²) in [5, 5.41) is 12.2. The number of aromatic carboxylic acids is 1. The minimum Gasteiger partial charge on any atom is -0.478 e. The fourth-order valence-electron chi connectivity index (χ4n) is 1.37. The van der Waals surface area contributed by atoms with Crippen LogP contribution in [0.1, 0.15) is 15.9 Å². The van der Waals surface area contributed by atoms with Gasteiger partial charge in [-0.15, -0.1) is 11.3 Å². The van der Waals surface area contributed by atoms with Crippen LogP contribution in [-0.2, 0) is 0 Å². The molecule has 0 fully saturated rings. The molecular formula is C10H7ClO2S. The number of rotatable bonds is 1. The smallest absolute Gasteiger partial charge is 0.335 e. The lowest BCUT2D eigenvalue weighted by molar-refractivity contribution is 0.0696. The third-order valence-corrected chi connectivity index (χ3v) is 3.49. The highest BCUT2D eigenvalue weighted by Crippen LogP contribution is 2.32. The van der Waals surface area contributed by atoms with Crippen molar-refractivity contribution in [1.82, 2.24) is 0 Å². The molecule has 0 bridgehead atoms. The molecule has 0 spiro atoms. The lowest BCUT2D eigenvalue weighted by Gasteiger charge is -2.00. The Bertz CT molecular complexity index is 516. The van der Waals surface area contributed by atoms with Gasteiger partial charge in [-0.2, -0.15) is 0 Å². The van der Waals surface area contributed by atoms with Crippen LogP contribution in [0.3, 0.4) is 0 Å². The van der Waals surface area contributed by atoms with E-state index in [1.807, 2.05) is 11.4 Å². The standard InChI is InChI=1S/C10H7ClO2S/c1-5-2-9-7(8(11)4-14-9)3-6(5)10(12)13/h2-4H,1H3,(H,12,13). The zero-order valence-corrected chi connectivity index (χ0v) is 8.95. The zero-order valence-electron chi connectivity index (χ0n) is 7.37. The van der Waals surface area contributed by atoms with Gasteiger partial charge in [-0.1, -0.05) is 11.6 Å². The maximum absolute atomic E-state index is 10.9. The van der Waals surface area contributed by atoms with Crippen LogP contribution in [0.2, 0.25) is 5.02 Å². The highest BCUT2D eigenvalue weighted by molar-refractivity contribution is 7.17. The summed E-state index contributed by atoms with van der Waals surface area (Å²) in [6, 6.07) is 3.49. The van der Waals surface area contributed by atoms with E-state index in [4.69, 9.17) is 16.7 Å². The largest absolute Gasteiger partial charge is 0.478 e. The Kier molecular flexibility index (Phi) is 2.21. The highest BCUT2D eigenvalue weighted by atomic mass is 35.5. The van der Waals surface area contributed by atoms with Crippen LogP contribution in [0.5, 0.6) is 0 Å². The average molecular weight is 227 g/mol. The molecule has 0 aliphatic rings. The Morgan fingerprint density at radius 2 is 2.21 bits per heavy atom. The Balaban J connectivity index is 2.80. The minimum atomic E-state index is -0.910. The third-order valence-electron chi connectivity index (χ3n) is 2.10. The van der Waals surface area contributed by atoms with Gasteiger partial charge in [0.15, 0.2) is 0 Å². The molecule has 2 aromatic rings. The maximum Gasteiger partial charge on any atom is 0.335 e. The molecule has 0 amide bonds. The van der Waals surface area contributed by atoms with Crippen LogP contribution < -0.4 is 0 Å². The molecule has 0 saturated heterocycles. The van der Waals surface area contributed by atoms with Gasteiger partial charge in [-0.3, -0.25) is 0 Å². The fraction of sp³-hybridized carbons (Fsp3) is 0.100. The van der Waals surface area contributed by atoms with E-state index in [1.54, 1.807) is 13.0 Å². The average Bonchev–Trinajstić information content (AvgIpc) is 2.46. The fourth-order valence-corrected chi connectivity index (χ4v) is 2.62.